The summed E-state index contributed by atoms with van der Waals surface area (Å²) >= 11 is 0. The van der Waals surface area contributed by atoms with Gasteiger partial charge in [0.1, 0.15) is 0 Å². The van der Waals surface area contributed by atoms with E-state index in [-0.39, 0.29) is 6.42 Å². The van der Waals surface area contributed by atoms with Gasteiger partial charge in [0.2, 0.25) is 0 Å². The highest BCUT2D eigenvalue weighted by Crippen LogP contribution is 2.19. The van der Waals surface area contributed by atoms with E-state index in [1.165, 1.54) is 37.1 Å². The molecule has 116 valence electrons. The van der Waals surface area contributed by atoms with E-state index in [9.17, 15) is 4.79 Å². The minimum Gasteiger partial charge on any atom is -0.481 e. The Morgan fingerprint density at radius 2 is 1.76 bits per heavy atom. The average Bonchev–Trinajstić information content (AvgIpc) is 2.90. The Hall–Kier alpha value is -1.55. The molecule has 1 N–H and O–H groups in total. The van der Waals surface area contributed by atoms with E-state index >= 15 is 0 Å². The van der Waals surface area contributed by atoms with Crippen LogP contribution in [0, 0.1) is 13.8 Å². The molecule has 0 aliphatic carbocycles. The molecule has 0 radical (unpaired) electrons. The van der Waals surface area contributed by atoms with Crippen LogP contribution >= 0.6 is 0 Å². The predicted octanol–water partition coefficient (Wildman–Crippen LogP) is 2.68. The molecule has 0 unspecified atom stereocenters. The lowest BCUT2D eigenvalue weighted by molar-refractivity contribution is -0.136. The molecule has 0 aromatic heterocycles. The molecule has 0 saturated carbocycles. The number of rotatable bonds is 7. The number of hydrogen-bond acceptors (Lipinski definition) is 3. The van der Waals surface area contributed by atoms with Crippen molar-refractivity contribution < 1.29 is 9.90 Å². The van der Waals surface area contributed by atoms with Gasteiger partial charge in [-0.1, -0.05) is 6.07 Å². The number of likely N-dealkylation sites (tertiary alicyclic amines) is 1. The van der Waals surface area contributed by atoms with Gasteiger partial charge in [0, 0.05) is 25.3 Å². The van der Waals surface area contributed by atoms with Crippen molar-refractivity contribution in [3.63, 3.8) is 0 Å². The summed E-state index contributed by atoms with van der Waals surface area (Å²) in [6.45, 7) is 9.03. The van der Waals surface area contributed by atoms with Crippen molar-refractivity contribution >= 4 is 11.7 Å². The van der Waals surface area contributed by atoms with Crippen molar-refractivity contribution in [1.82, 2.24) is 4.90 Å². The fourth-order valence-corrected chi connectivity index (χ4v) is 3.00. The Kier molecular flexibility index (Phi) is 5.62. The van der Waals surface area contributed by atoms with Crippen molar-refractivity contribution in [1.29, 1.82) is 0 Å². The van der Waals surface area contributed by atoms with Gasteiger partial charge < -0.3 is 14.9 Å². The Morgan fingerprint density at radius 3 is 2.33 bits per heavy atom. The van der Waals surface area contributed by atoms with Crippen molar-refractivity contribution in [2.75, 3.05) is 37.6 Å². The highest BCUT2D eigenvalue weighted by Gasteiger charge is 2.15. The Balaban J connectivity index is 2.04. The summed E-state index contributed by atoms with van der Waals surface area (Å²) in [6, 6.07) is 6.46. The molecule has 1 heterocycles. The highest BCUT2D eigenvalue weighted by molar-refractivity contribution is 5.67. The standard InChI is InChI=1S/C17H26N2O2/c1-14-11-15(2)13-16(12-14)19(8-5-17(20)21)10-9-18-6-3-4-7-18/h11-13H,3-10H2,1-2H3,(H,20,21). The normalized spacial score (nSPS) is 15.3. The SMILES string of the molecule is Cc1cc(C)cc(N(CCC(=O)O)CCN2CCCC2)c1. The molecular formula is C17H26N2O2. The van der Waals surface area contributed by atoms with Crippen LogP contribution in [0.25, 0.3) is 0 Å². The second kappa shape index (κ2) is 7.46. The number of hydrogen-bond donors (Lipinski definition) is 1. The molecule has 1 aliphatic rings. The molecule has 4 nitrogen and oxygen atoms in total. The third-order valence-corrected chi connectivity index (χ3v) is 4.05. The van der Waals surface area contributed by atoms with Gasteiger partial charge >= 0.3 is 5.97 Å². The van der Waals surface area contributed by atoms with E-state index in [0.29, 0.717) is 6.54 Å². The number of carboxylic acid groups (broad SMARTS) is 1. The first-order chi connectivity index (χ1) is 10.0. The zero-order valence-corrected chi connectivity index (χ0v) is 13.1. The third-order valence-electron chi connectivity index (χ3n) is 4.05. The largest absolute Gasteiger partial charge is 0.481 e. The van der Waals surface area contributed by atoms with Crippen LogP contribution in [0.4, 0.5) is 5.69 Å². The lowest BCUT2D eigenvalue weighted by Gasteiger charge is -2.27. The van der Waals surface area contributed by atoms with Gasteiger partial charge in [-0.2, -0.15) is 0 Å². The summed E-state index contributed by atoms with van der Waals surface area (Å²) in [4.78, 5) is 15.6. The van der Waals surface area contributed by atoms with Crippen LogP contribution in [-0.4, -0.2) is 48.7 Å². The quantitative estimate of drug-likeness (QED) is 0.838. The van der Waals surface area contributed by atoms with E-state index in [1.807, 2.05) is 0 Å². The maximum absolute atomic E-state index is 10.9. The first kappa shape index (κ1) is 15.8. The van der Waals surface area contributed by atoms with Crippen LogP contribution < -0.4 is 4.90 Å². The summed E-state index contributed by atoms with van der Waals surface area (Å²) in [5.41, 5.74) is 3.60. The second-order valence-corrected chi connectivity index (χ2v) is 6.03. The van der Waals surface area contributed by atoms with Crippen LogP contribution in [-0.2, 0) is 4.79 Å². The molecule has 1 saturated heterocycles. The molecule has 0 bridgehead atoms. The Bertz CT molecular complexity index is 461. The number of aryl methyl sites for hydroxylation is 2. The van der Waals surface area contributed by atoms with Gasteiger partial charge in [-0.25, -0.2) is 0 Å². The first-order valence-corrected chi connectivity index (χ1v) is 7.82. The molecule has 2 rings (SSSR count). The van der Waals surface area contributed by atoms with Crippen LogP contribution in [0.15, 0.2) is 18.2 Å². The number of aliphatic carboxylic acids is 1. The lowest BCUT2D eigenvalue weighted by Crippen LogP contribution is -2.35. The van der Waals surface area contributed by atoms with Gasteiger partial charge in [0.05, 0.1) is 6.42 Å². The molecular weight excluding hydrogens is 264 g/mol. The molecule has 1 fully saturated rings. The minimum atomic E-state index is -0.731. The molecule has 0 spiro atoms. The Labute approximate surface area is 127 Å². The summed E-state index contributed by atoms with van der Waals surface area (Å²) in [6.07, 6.45) is 2.77. The van der Waals surface area contributed by atoms with Crippen LogP contribution in [0.2, 0.25) is 0 Å². The monoisotopic (exact) mass is 290 g/mol. The van der Waals surface area contributed by atoms with E-state index in [1.54, 1.807) is 0 Å². The minimum absolute atomic E-state index is 0.187. The molecule has 0 amide bonds. The smallest absolute Gasteiger partial charge is 0.305 e. The highest BCUT2D eigenvalue weighted by atomic mass is 16.4. The molecule has 1 aliphatic heterocycles. The van der Waals surface area contributed by atoms with Gasteiger partial charge in [-0.3, -0.25) is 4.79 Å². The van der Waals surface area contributed by atoms with Crippen molar-refractivity contribution in [3.8, 4) is 0 Å². The Morgan fingerprint density at radius 1 is 1.14 bits per heavy atom. The van der Waals surface area contributed by atoms with Crippen molar-refractivity contribution in [2.45, 2.75) is 33.1 Å². The van der Waals surface area contributed by atoms with Gasteiger partial charge in [-0.05, 0) is 63.0 Å². The van der Waals surface area contributed by atoms with Crippen LogP contribution in [0.3, 0.4) is 0 Å². The van der Waals surface area contributed by atoms with Gasteiger partial charge in [-0.15, -0.1) is 0 Å². The predicted molar refractivity (Wildman–Crippen MR) is 86.1 cm³/mol. The van der Waals surface area contributed by atoms with Gasteiger partial charge in [0.15, 0.2) is 0 Å². The maximum Gasteiger partial charge on any atom is 0.305 e. The van der Waals surface area contributed by atoms with E-state index < -0.39 is 5.97 Å². The zero-order chi connectivity index (χ0) is 15.2. The number of nitrogens with zero attached hydrogens (tertiary/aromatic N) is 2. The fraction of sp³-hybridized carbons (Fsp3) is 0.588. The van der Waals surface area contributed by atoms with Crippen molar-refractivity contribution in [2.24, 2.45) is 0 Å². The number of carboxylic acids is 1. The molecule has 1 aromatic rings. The van der Waals surface area contributed by atoms with Crippen LogP contribution in [0.1, 0.15) is 30.4 Å². The lowest BCUT2D eigenvalue weighted by atomic mass is 10.1. The van der Waals surface area contributed by atoms with Crippen molar-refractivity contribution in [3.05, 3.63) is 29.3 Å². The summed E-state index contributed by atoms with van der Waals surface area (Å²) in [7, 11) is 0. The molecule has 1 aromatic carbocycles. The molecule has 0 atom stereocenters. The number of anilines is 1. The number of carbonyl (C=O) groups is 1. The van der Waals surface area contributed by atoms with E-state index in [0.717, 1.165) is 18.8 Å². The average molecular weight is 290 g/mol. The summed E-state index contributed by atoms with van der Waals surface area (Å²) in [5, 5.41) is 8.96. The maximum atomic E-state index is 10.9. The topological polar surface area (TPSA) is 43.8 Å². The fourth-order valence-electron chi connectivity index (χ4n) is 3.00. The summed E-state index contributed by atoms with van der Waals surface area (Å²) < 4.78 is 0. The molecule has 4 heteroatoms. The first-order valence-electron chi connectivity index (χ1n) is 7.82. The summed E-state index contributed by atoms with van der Waals surface area (Å²) in [5.74, 6) is -0.731. The number of benzene rings is 1. The zero-order valence-electron chi connectivity index (χ0n) is 13.1. The molecule has 21 heavy (non-hydrogen) atoms. The van der Waals surface area contributed by atoms with Crippen LogP contribution in [0.5, 0.6) is 0 Å². The van der Waals surface area contributed by atoms with E-state index in [2.05, 4.69) is 41.8 Å². The second-order valence-electron chi connectivity index (χ2n) is 6.03. The van der Waals surface area contributed by atoms with E-state index in [4.69, 9.17) is 5.11 Å². The van der Waals surface area contributed by atoms with Gasteiger partial charge in [0.25, 0.3) is 0 Å². The third kappa shape index (κ3) is 5.05.